The molecule has 0 rings (SSSR count). The minimum atomic E-state index is -0.235. The Morgan fingerprint density at radius 3 is 2.78 bits per heavy atom. The van der Waals surface area contributed by atoms with Crippen LogP contribution < -0.4 is 5.73 Å². The molecule has 0 bridgehead atoms. The first-order valence-corrected chi connectivity index (χ1v) is 4.36. The summed E-state index contributed by atoms with van der Waals surface area (Å²) in [4.78, 5) is 0. The Labute approximate surface area is 60.2 Å². The first kappa shape index (κ1) is 9.24. The summed E-state index contributed by atoms with van der Waals surface area (Å²) in [5.74, 6) is 1.48. The SMILES string of the molecule is CCC(N)CSCCF. The summed E-state index contributed by atoms with van der Waals surface area (Å²) >= 11 is 1.59. The molecule has 0 saturated carbocycles. The standard InChI is InChI=1S/C6H14FNS/c1-2-6(8)5-9-4-3-7/h6H,2-5,8H2,1H3. The number of rotatable bonds is 5. The van der Waals surface area contributed by atoms with Gasteiger partial charge in [-0.2, -0.15) is 11.8 Å². The molecule has 1 unspecified atom stereocenters. The molecule has 56 valence electrons. The van der Waals surface area contributed by atoms with E-state index in [4.69, 9.17) is 5.73 Å². The van der Waals surface area contributed by atoms with Gasteiger partial charge >= 0.3 is 0 Å². The monoisotopic (exact) mass is 151 g/mol. The molecule has 1 nitrogen and oxygen atoms in total. The zero-order valence-electron chi connectivity index (χ0n) is 5.77. The molecule has 0 amide bonds. The maximum Gasteiger partial charge on any atom is 0.0984 e. The Hall–Kier alpha value is 0.240. The van der Waals surface area contributed by atoms with Crippen molar-refractivity contribution in [1.82, 2.24) is 0 Å². The van der Waals surface area contributed by atoms with E-state index in [9.17, 15) is 4.39 Å². The molecular weight excluding hydrogens is 137 g/mol. The quantitative estimate of drug-likeness (QED) is 0.601. The van der Waals surface area contributed by atoms with Crippen LogP contribution in [-0.2, 0) is 0 Å². The highest BCUT2D eigenvalue weighted by Gasteiger charge is 1.96. The van der Waals surface area contributed by atoms with Crippen molar-refractivity contribution in [1.29, 1.82) is 0 Å². The van der Waals surface area contributed by atoms with Gasteiger partial charge in [0.1, 0.15) is 0 Å². The van der Waals surface area contributed by atoms with Gasteiger partial charge in [-0.05, 0) is 6.42 Å². The van der Waals surface area contributed by atoms with Gasteiger partial charge in [0, 0.05) is 17.5 Å². The van der Waals surface area contributed by atoms with Crippen molar-refractivity contribution in [3.05, 3.63) is 0 Å². The predicted molar refractivity (Wildman–Crippen MR) is 41.6 cm³/mol. The van der Waals surface area contributed by atoms with Crippen LogP contribution in [0, 0.1) is 0 Å². The van der Waals surface area contributed by atoms with Gasteiger partial charge in [0.15, 0.2) is 0 Å². The molecule has 3 heteroatoms. The number of hydrogen-bond acceptors (Lipinski definition) is 2. The predicted octanol–water partition coefficient (Wildman–Crippen LogP) is 1.43. The fraction of sp³-hybridized carbons (Fsp3) is 1.00. The van der Waals surface area contributed by atoms with Crippen LogP contribution in [0.5, 0.6) is 0 Å². The fourth-order valence-electron chi connectivity index (χ4n) is 0.407. The van der Waals surface area contributed by atoms with Crippen LogP contribution in [-0.4, -0.2) is 24.2 Å². The van der Waals surface area contributed by atoms with Crippen molar-refractivity contribution in [2.45, 2.75) is 19.4 Å². The van der Waals surface area contributed by atoms with Gasteiger partial charge in [-0.3, -0.25) is 4.39 Å². The highest BCUT2D eigenvalue weighted by molar-refractivity contribution is 7.99. The van der Waals surface area contributed by atoms with Crippen molar-refractivity contribution in [2.24, 2.45) is 5.73 Å². The highest BCUT2D eigenvalue weighted by atomic mass is 32.2. The Balaban J connectivity index is 2.88. The van der Waals surface area contributed by atoms with Gasteiger partial charge in [0.2, 0.25) is 0 Å². The van der Waals surface area contributed by atoms with E-state index in [-0.39, 0.29) is 12.7 Å². The molecular formula is C6H14FNS. The Bertz CT molecular complexity index is 61.0. The van der Waals surface area contributed by atoms with Gasteiger partial charge in [-0.25, -0.2) is 0 Å². The molecule has 0 aromatic heterocycles. The van der Waals surface area contributed by atoms with Crippen molar-refractivity contribution < 1.29 is 4.39 Å². The van der Waals surface area contributed by atoms with Crippen LogP contribution in [0.2, 0.25) is 0 Å². The lowest BCUT2D eigenvalue weighted by Crippen LogP contribution is -2.21. The second-order valence-corrected chi connectivity index (χ2v) is 3.08. The second kappa shape index (κ2) is 6.36. The van der Waals surface area contributed by atoms with E-state index in [0.29, 0.717) is 5.75 Å². The number of hydrogen-bond donors (Lipinski definition) is 1. The molecule has 0 aliphatic heterocycles. The molecule has 2 N–H and O–H groups in total. The van der Waals surface area contributed by atoms with Crippen LogP contribution in [0.15, 0.2) is 0 Å². The summed E-state index contributed by atoms with van der Waals surface area (Å²) in [5, 5.41) is 0. The van der Waals surface area contributed by atoms with Crippen LogP contribution >= 0.6 is 11.8 Å². The van der Waals surface area contributed by atoms with Crippen LogP contribution in [0.1, 0.15) is 13.3 Å². The topological polar surface area (TPSA) is 26.0 Å². The molecule has 0 fully saturated rings. The van der Waals surface area contributed by atoms with Crippen molar-refractivity contribution in [3.8, 4) is 0 Å². The van der Waals surface area contributed by atoms with Crippen molar-refractivity contribution in [2.75, 3.05) is 18.2 Å². The second-order valence-electron chi connectivity index (χ2n) is 1.93. The lowest BCUT2D eigenvalue weighted by molar-refractivity contribution is 0.532. The Kier molecular flexibility index (Phi) is 6.53. The van der Waals surface area contributed by atoms with Crippen LogP contribution in [0.25, 0.3) is 0 Å². The summed E-state index contributed by atoms with van der Waals surface area (Å²) in [6, 6.07) is 0.251. The van der Waals surface area contributed by atoms with Crippen LogP contribution in [0.3, 0.4) is 0 Å². The summed E-state index contributed by atoms with van der Waals surface area (Å²) in [5.41, 5.74) is 5.57. The fourth-order valence-corrected chi connectivity index (χ4v) is 1.22. The first-order chi connectivity index (χ1) is 4.31. The zero-order chi connectivity index (χ0) is 7.11. The normalized spacial score (nSPS) is 13.7. The van der Waals surface area contributed by atoms with E-state index in [2.05, 4.69) is 0 Å². The molecule has 1 atom stereocenters. The molecule has 0 saturated heterocycles. The Morgan fingerprint density at radius 2 is 2.33 bits per heavy atom. The van der Waals surface area contributed by atoms with Gasteiger partial charge in [-0.1, -0.05) is 6.92 Å². The molecule has 0 aliphatic rings. The minimum absolute atomic E-state index is 0.235. The molecule has 9 heavy (non-hydrogen) atoms. The number of nitrogens with two attached hydrogens (primary N) is 1. The molecule has 0 aromatic carbocycles. The number of thioether (sulfide) groups is 1. The van der Waals surface area contributed by atoms with Crippen molar-refractivity contribution >= 4 is 11.8 Å². The highest BCUT2D eigenvalue weighted by Crippen LogP contribution is 2.02. The maximum absolute atomic E-state index is 11.5. The summed E-state index contributed by atoms with van der Waals surface area (Å²) in [6.45, 7) is 1.81. The molecule has 0 heterocycles. The van der Waals surface area contributed by atoms with Gasteiger partial charge in [0.05, 0.1) is 6.67 Å². The summed E-state index contributed by atoms with van der Waals surface area (Å²) in [7, 11) is 0. The summed E-state index contributed by atoms with van der Waals surface area (Å²) < 4.78 is 11.5. The van der Waals surface area contributed by atoms with E-state index in [1.54, 1.807) is 11.8 Å². The first-order valence-electron chi connectivity index (χ1n) is 3.20. The minimum Gasteiger partial charge on any atom is -0.327 e. The average molecular weight is 151 g/mol. The molecule has 0 spiro atoms. The lowest BCUT2D eigenvalue weighted by atomic mass is 10.3. The smallest absolute Gasteiger partial charge is 0.0984 e. The van der Waals surface area contributed by atoms with E-state index in [1.165, 1.54) is 0 Å². The zero-order valence-corrected chi connectivity index (χ0v) is 6.59. The molecule has 0 radical (unpaired) electrons. The van der Waals surface area contributed by atoms with Gasteiger partial charge < -0.3 is 5.73 Å². The molecule has 0 aliphatic carbocycles. The summed E-state index contributed by atoms with van der Waals surface area (Å²) in [6.07, 6.45) is 0.985. The van der Waals surface area contributed by atoms with Gasteiger partial charge in [-0.15, -0.1) is 0 Å². The Morgan fingerprint density at radius 1 is 1.67 bits per heavy atom. The molecule has 0 aromatic rings. The third-order valence-corrected chi connectivity index (χ3v) is 2.18. The van der Waals surface area contributed by atoms with E-state index >= 15 is 0 Å². The number of alkyl halides is 1. The average Bonchev–Trinajstić information content (AvgIpc) is 1.89. The largest absolute Gasteiger partial charge is 0.327 e. The van der Waals surface area contributed by atoms with E-state index in [1.807, 2.05) is 6.92 Å². The maximum atomic E-state index is 11.5. The number of halogens is 1. The lowest BCUT2D eigenvalue weighted by Gasteiger charge is -2.05. The van der Waals surface area contributed by atoms with Gasteiger partial charge in [0.25, 0.3) is 0 Å². The van der Waals surface area contributed by atoms with Crippen molar-refractivity contribution in [3.63, 3.8) is 0 Å². The van der Waals surface area contributed by atoms with Crippen LogP contribution in [0.4, 0.5) is 4.39 Å². The third-order valence-electron chi connectivity index (χ3n) is 1.08. The third kappa shape index (κ3) is 6.12. The van der Waals surface area contributed by atoms with E-state index in [0.717, 1.165) is 12.2 Å². The van der Waals surface area contributed by atoms with E-state index < -0.39 is 0 Å².